The number of rotatable bonds is 3. The Balaban J connectivity index is 1.77. The van der Waals surface area contributed by atoms with Gasteiger partial charge in [-0.2, -0.15) is 0 Å². The first-order valence-electron chi connectivity index (χ1n) is 11.4. The van der Waals surface area contributed by atoms with Gasteiger partial charge in [0.15, 0.2) is 5.60 Å². The largest absolute Gasteiger partial charge is 0.487 e. The highest BCUT2D eigenvalue weighted by Crippen LogP contribution is 2.68. The molecule has 0 heterocycles. The maximum absolute atomic E-state index is 15.5. The van der Waals surface area contributed by atoms with Gasteiger partial charge in [-0.25, -0.2) is 4.39 Å². The quantitative estimate of drug-likeness (QED) is 0.390. The zero-order chi connectivity index (χ0) is 21.9. The highest BCUT2D eigenvalue weighted by molar-refractivity contribution is 7.80. The molecule has 1 unspecified atom stereocenters. The number of thiocarbonyl (C=S) groups is 1. The van der Waals surface area contributed by atoms with Crippen molar-refractivity contribution in [3.05, 3.63) is 12.2 Å². The minimum Gasteiger partial charge on any atom is -0.487 e. The first kappa shape index (κ1) is 22.2. The number of esters is 1. The molecule has 0 aromatic rings. The summed E-state index contributed by atoms with van der Waals surface area (Å²) in [5.41, 5.74) is -1.96. The molecule has 4 aliphatic rings. The Hall–Kier alpha value is -1.01. The molecule has 4 aliphatic carbocycles. The van der Waals surface area contributed by atoms with Gasteiger partial charge in [-0.05, 0) is 79.8 Å². The first-order chi connectivity index (χ1) is 14.1. The van der Waals surface area contributed by atoms with Crippen molar-refractivity contribution in [3.63, 3.8) is 0 Å². The number of alkyl halides is 1. The summed E-state index contributed by atoms with van der Waals surface area (Å²) in [6.07, 6.45) is 7.17. The van der Waals surface area contributed by atoms with Crippen LogP contribution >= 0.6 is 12.2 Å². The van der Waals surface area contributed by atoms with E-state index in [9.17, 15) is 9.90 Å². The molecule has 0 spiro atoms. The molecule has 6 heteroatoms. The fraction of sp³-hybridized carbons (Fsp3) is 0.833. The molecule has 0 radical (unpaired) electrons. The number of ether oxygens (including phenoxy) is 2. The van der Waals surface area contributed by atoms with Crippen molar-refractivity contribution in [2.45, 2.75) is 83.6 Å². The highest BCUT2D eigenvalue weighted by Gasteiger charge is 2.71. The maximum Gasteiger partial charge on any atom is 0.306 e. The Kier molecular flexibility index (Phi) is 5.58. The summed E-state index contributed by atoms with van der Waals surface area (Å²) in [5, 5.41) is 11.8. The van der Waals surface area contributed by atoms with Gasteiger partial charge >= 0.3 is 5.97 Å². The van der Waals surface area contributed by atoms with Crippen LogP contribution in [0, 0.1) is 34.5 Å². The lowest BCUT2D eigenvalue weighted by molar-refractivity contribution is -0.196. The maximum atomic E-state index is 15.5. The monoisotopic (exact) mass is 438 g/mol. The normalized spacial score (nSPS) is 49.5. The average molecular weight is 439 g/mol. The van der Waals surface area contributed by atoms with Crippen molar-refractivity contribution in [2.24, 2.45) is 34.5 Å². The second-order valence-electron chi connectivity index (χ2n) is 10.4. The number of halogens is 1. The van der Waals surface area contributed by atoms with Crippen LogP contribution in [0.1, 0.15) is 65.7 Å². The van der Waals surface area contributed by atoms with Crippen LogP contribution in [0.15, 0.2) is 12.2 Å². The molecule has 4 nitrogen and oxygen atoms in total. The molecule has 0 amide bonds. The predicted octanol–water partition coefficient (Wildman–Crippen LogP) is 4.78. The molecule has 0 bridgehead atoms. The third kappa shape index (κ3) is 2.85. The summed E-state index contributed by atoms with van der Waals surface area (Å²) in [6, 6.07) is 0. The lowest BCUT2D eigenvalue weighted by Gasteiger charge is -2.62. The van der Waals surface area contributed by atoms with Crippen molar-refractivity contribution >= 4 is 23.2 Å². The van der Waals surface area contributed by atoms with E-state index >= 15 is 4.39 Å². The molecule has 0 aromatic carbocycles. The minimum atomic E-state index is -1.05. The van der Waals surface area contributed by atoms with E-state index in [-0.39, 0.29) is 46.5 Å². The molecule has 9 atom stereocenters. The minimum absolute atomic E-state index is 0.0120. The van der Waals surface area contributed by atoms with Gasteiger partial charge < -0.3 is 14.6 Å². The van der Waals surface area contributed by atoms with Crippen LogP contribution in [0.4, 0.5) is 4.39 Å². The zero-order valence-corrected chi connectivity index (χ0v) is 19.3. The Labute approximate surface area is 184 Å². The van der Waals surface area contributed by atoms with Crippen molar-refractivity contribution in [1.29, 1.82) is 0 Å². The number of allylic oxidation sites excluding steroid dienone is 2. The van der Waals surface area contributed by atoms with Crippen molar-refractivity contribution in [1.82, 2.24) is 0 Å². The third-order valence-electron chi connectivity index (χ3n) is 9.24. The van der Waals surface area contributed by atoms with Gasteiger partial charge in [0.2, 0.25) is 5.05 Å². The molecule has 3 fully saturated rings. The summed E-state index contributed by atoms with van der Waals surface area (Å²) < 4.78 is 27.0. The van der Waals surface area contributed by atoms with Crippen molar-refractivity contribution in [3.8, 4) is 0 Å². The van der Waals surface area contributed by atoms with Crippen LogP contribution in [-0.2, 0) is 14.3 Å². The number of aliphatic hydroxyl groups is 1. The van der Waals surface area contributed by atoms with E-state index in [1.807, 2.05) is 0 Å². The summed E-state index contributed by atoms with van der Waals surface area (Å²) in [7, 11) is 1.51. The van der Waals surface area contributed by atoms with Crippen LogP contribution in [0.3, 0.4) is 0 Å². The second kappa shape index (κ2) is 7.54. The van der Waals surface area contributed by atoms with E-state index in [1.165, 1.54) is 7.11 Å². The lowest BCUT2D eigenvalue weighted by Crippen LogP contribution is -2.64. The summed E-state index contributed by atoms with van der Waals surface area (Å²) >= 11 is 5.59. The standard InChI is InChI=1S/C24H35FO4S/c1-5-19(27)29-24(21(30)28-4)11-9-15-14-12-17(25)16-8-6-7-10-22(16,2)20(14)18(26)13-23(15,24)3/h7,10,14-18,20,26H,5-6,8-9,11-13H2,1-4H3/t14-,15-,16?,17-,18-,20+,22-,23-,24-/m0/s1. The van der Waals surface area contributed by atoms with Gasteiger partial charge in [0.05, 0.1) is 13.2 Å². The molecule has 0 aromatic heterocycles. The Morgan fingerprint density at radius 2 is 2.03 bits per heavy atom. The van der Waals surface area contributed by atoms with Crippen molar-refractivity contribution < 1.29 is 23.8 Å². The second-order valence-corrected chi connectivity index (χ2v) is 10.7. The fourth-order valence-corrected chi connectivity index (χ4v) is 8.30. The van der Waals surface area contributed by atoms with E-state index < -0.39 is 23.3 Å². The van der Waals surface area contributed by atoms with E-state index in [2.05, 4.69) is 26.0 Å². The van der Waals surface area contributed by atoms with E-state index in [0.29, 0.717) is 19.3 Å². The molecule has 3 saturated carbocycles. The number of hydrogen-bond acceptors (Lipinski definition) is 5. The topological polar surface area (TPSA) is 55.8 Å². The van der Waals surface area contributed by atoms with Crippen LogP contribution in [-0.4, -0.2) is 41.1 Å². The molecule has 0 aliphatic heterocycles. The van der Waals surface area contributed by atoms with E-state index in [1.54, 1.807) is 6.92 Å². The number of carbonyl (C=O) groups is 1. The van der Waals surface area contributed by atoms with Gasteiger partial charge in [-0.15, -0.1) is 0 Å². The molecule has 0 saturated heterocycles. The Morgan fingerprint density at radius 3 is 2.70 bits per heavy atom. The van der Waals surface area contributed by atoms with E-state index in [4.69, 9.17) is 21.7 Å². The Morgan fingerprint density at radius 1 is 1.30 bits per heavy atom. The van der Waals surface area contributed by atoms with Crippen LogP contribution in [0.25, 0.3) is 0 Å². The molecule has 1 N–H and O–H groups in total. The van der Waals surface area contributed by atoms with Gasteiger partial charge in [-0.1, -0.05) is 32.9 Å². The average Bonchev–Trinajstić information content (AvgIpc) is 2.99. The number of methoxy groups -OCH3 is 1. The molecule has 168 valence electrons. The summed E-state index contributed by atoms with van der Waals surface area (Å²) in [4.78, 5) is 12.4. The van der Waals surface area contributed by atoms with Gasteiger partial charge in [-0.3, -0.25) is 4.79 Å². The molecular formula is C24H35FO4S. The number of aliphatic hydroxyl groups excluding tert-OH is 1. The summed E-state index contributed by atoms with van der Waals surface area (Å²) in [5.74, 6) is -0.193. The van der Waals surface area contributed by atoms with Gasteiger partial charge in [0.1, 0.15) is 6.17 Å². The van der Waals surface area contributed by atoms with Gasteiger partial charge in [0, 0.05) is 11.8 Å². The number of carbonyl (C=O) groups excluding carboxylic acids is 1. The zero-order valence-electron chi connectivity index (χ0n) is 18.5. The smallest absolute Gasteiger partial charge is 0.306 e. The third-order valence-corrected chi connectivity index (χ3v) is 9.73. The number of fused-ring (bicyclic) bond motifs is 5. The van der Waals surface area contributed by atoms with E-state index in [0.717, 1.165) is 19.3 Å². The SMILES string of the molecule is CCC(=O)O[C@]1(C(=S)OC)CC[C@H]2[C@@H]3C[C@H](F)C4CCC=C[C@]4(C)[C@H]3[C@@H](O)C[C@@]21C. The predicted molar refractivity (Wildman–Crippen MR) is 117 cm³/mol. The molecular weight excluding hydrogens is 403 g/mol. The fourth-order valence-electron chi connectivity index (χ4n) is 7.93. The number of hydrogen-bond donors (Lipinski definition) is 1. The van der Waals surface area contributed by atoms with Gasteiger partial charge in [0.25, 0.3) is 0 Å². The van der Waals surface area contributed by atoms with Crippen LogP contribution in [0.2, 0.25) is 0 Å². The highest BCUT2D eigenvalue weighted by atomic mass is 32.1. The first-order valence-corrected chi connectivity index (χ1v) is 11.9. The van der Waals surface area contributed by atoms with Crippen molar-refractivity contribution in [2.75, 3.05) is 7.11 Å². The Bertz CT molecular complexity index is 755. The molecule has 4 rings (SSSR count). The lowest BCUT2D eigenvalue weighted by atomic mass is 9.44. The van der Waals surface area contributed by atoms with Crippen LogP contribution < -0.4 is 0 Å². The summed E-state index contributed by atoms with van der Waals surface area (Å²) in [6.45, 7) is 5.97. The molecule has 30 heavy (non-hydrogen) atoms. The van der Waals surface area contributed by atoms with Crippen LogP contribution in [0.5, 0.6) is 0 Å².